The molecule has 6 heteroatoms. The zero-order valence-corrected chi connectivity index (χ0v) is 13.8. The highest BCUT2D eigenvalue weighted by Crippen LogP contribution is 2.31. The SMILES string of the molecule is Cn1ccc(C#Cc2cc3c(cc2-c2ccc(F)cc2F)C(=O)NC3)n1. The second-order valence-electron chi connectivity index (χ2n) is 5.99. The number of carbonyl (C=O) groups excluding carboxylic acids is 1. The summed E-state index contributed by atoms with van der Waals surface area (Å²) < 4.78 is 29.2. The molecule has 4 rings (SSSR count). The molecule has 2 aromatic carbocycles. The first-order valence-corrected chi connectivity index (χ1v) is 7.93. The Morgan fingerprint density at radius 1 is 1.08 bits per heavy atom. The van der Waals surface area contributed by atoms with Crippen LogP contribution in [0.3, 0.4) is 0 Å². The van der Waals surface area contributed by atoms with Crippen LogP contribution in [0, 0.1) is 23.5 Å². The topological polar surface area (TPSA) is 46.9 Å². The number of nitrogens with zero attached hydrogens (tertiary/aromatic N) is 2. The van der Waals surface area contributed by atoms with Gasteiger partial charge < -0.3 is 5.32 Å². The largest absolute Gasteiger partial charge is 0.348 e. The van der Waals surface area contributed by atoms with Gasteiger partial charge in [0.05, 0.1) is 0 Å². The van der Waals surface area contributed by atoms with E-state index >= 15 is 0 Å². The lowest BCUT2D eigenvalue weighted by atomic mass is 9.94. The third kappa shape index (κ3) is 2.84. The second-order valence-corrected chi connectivity index (χ2v) is 5.99. The first-order chi connectivity index (χ1) is 12.5. The van der Waals surface area contributed by atoms with E-state index in [0.717, 1.165) is 11.6 Å². The molecule has 1 aromatic heterocycles. The van der Waals surface area contributed by atoms with Gasteiger partial charge >= 0.3 is 0 Å². The number of fused-ring (bicyclic) bond motifs is 1. The van der Waals surface area contributed by atoms with Gasteiger partial charge in [-0.3, -0.25) is 9.48 Å². The zero-order valence-electron chi connectivity index (χ0n) is 13.8. The second kappa shape index (κ2) is 6.12. The summed E-state index contributed by atoms with van der Waals surface area (Å²) in [6.45, 7) is 0.401. The Balaban J connectivity index is 1.89. The van der Waals surface area contributed by atoms with Gasteiger partial charge in [0.15, 0.2) is 0 Å². The third-order valence-electron chi connectivity index (χ3n) is 4.19. The third-order valence-corrected chi connectivity index (χ3v) is 4.19. The first kappa shape index (κ1) is 16.0. The molecule has 0 bridgehead atoms. The number of aromatic nitrogens is 2. The van der Waals surface area contributed by atoms with Gasteiger partial charge in [0, 0.05) is 48.1 Å². The van der Waals surface area contributed by atoms with Gasteiger partial charge in [0.2, 0.25) is 0 Å². The van der Waals surface area contributed by atoms with Gasteiger partial charge in [0.1, 0.15) is 17.3 Å². The summed E-state index contributed by atoms with van der Waals surface area (Å²) in [7, 11) is 1.79. The van der Waals surface area contributed by atoms with Crippen molar-refractivity contribution in [2.75, 3.05) is 0 Å². The lowest BCUT2D eigenvalue weighted by Gasteiger charge is -2.09. The molecule has 0 saturated carbocycles. The summed E-state index contributed by atoms with van der Waals surface area (Å²) in [6.07, 6.45) is 1.77. The van der Waals surface area contributed by atoms with Crippen molar-refractivity contribution >= 4 is 5.91 Å². The van der Waals surface area contributed by atoms with Crippen molar-refractivity contribution in [2.45, 2.75) is 6.54 Å². The van der Waals surface area contributed by atoms with Gasteiger partial charge in [0.25, 0.3) is 5.91 Å². The lowest BCUT2D eigenvalue weighted by Crippen LogP contribution is -2.12. The first-order valence-electron chi connectivity index (χ1n) is 7.93. The zero-order chi connectivity index (χ0) is 18.3. The summed E-state index contributed by atoms with van der Waals surface area (Å²) in [5.74, 6) is 4.36. The maximum atomic E-state index is 14.3. The monoisotopic (exact) mass is 349 g/mol. The number of hydrogen-bond acceptors (Lipinski definition) is 2. The number of benzene rings is 2. The fourth-order valence-corrected chi connectivity index (χ4v) is 2.92. The van der Waals surface area contributed by atoms with Crippen molar-refractivity contribution in [2.24, 2.45) is 7.05 Å². The fraction of sp³-hybridized carbons (Fsp3) is 0.100. The molecule has 0 aliphatic carbocycles. The Hall–Kier alpha value is -3.46. The van der Waals surface area contributed by atoms with E-state index in [1.165, 1.54) is 12.1 Å². The van der Waals surface area contributed by atoms with Crippen molar-refractivity contribution in [3.05, 3.63) is 76.6 Å². The molecule has 2 heterocycles. The standard InChI is InChI=1S/C20H13F2N3O/c1-25-7-6-15(24-25)4-2-12-8-13-11-23-20(26)18(13)10-17(12)16-5-3-14(21)9-19(16)22/h3,5-10H,11H2,1H3,(H,23,26). The van der Waals surface area contributed by atoms with E-state index in [9.17, 15) is 13.6 Å². The van der Waals surface area contributed by atoms with Gasteiger partial charge in [-0.15, -0.1) is 0 Å². The highest BCUT2D eigenvalue weighted by atomic mass is 19.1. The number of hydrogen-bond donors (Lipinski definition) is 1. The molecule has 0 unspecified atom stereocenters. The van der Waals surface area contributed by atoms with E-state index in [2.05, 4.69) is 22.3 Å². The molecule has 0 fully saturated rings. The molecule has 1 N–H and O–H groups in total. The van der Waals surface area contributed by atoms with E-state index in [1.807, 2.05) is 0 Å². The van der Waals surface area contributed by atoms with Crippen LogP contribution in [0.1, 0.15) is 27.2 Å². The molecule has 4 nitrogen and oxygen atoms in total. The molecule has 0 saturated heterocycles. The summed E-state index contributed by atoms with van der Waals surface area (Å²) in [6, 6.07) is 8.49. The maximum Gasteiger partial charge on any atom is 0.251 e. The molecule has 128 valence electrons. The quantitative estimate of drug-likeness (QED) is 0.687. The van der Waals surface area contributed by atoms with Crippen molar-refractivity contribution in [1.29, 1.82) is 0 Å². The molecule has 0 atom stereocenters. The minimum atomic E-state index is -0.704. The van der Waals surface area contributed by atoms with Crippen molar-refractivity contribution < 1.29 is 13.6 Å². The average molecular weight is 349 g/mol. The highest BCUT2D eigenvalue weighted by Gasteiger charge is 2.22. The number of nitrogens with one attached hydrogen (secondary N) is 1. The van der Waals surface area contributed by atoms with Crippen LogP contribution in [0.5, 0.6) is 0 Å². The van der Waals surface area contributed by atoms with Gasteiger partial charge in [-0.2, -0.15) is 5.10 Å². The number of aryl methyl sites for hydroxylation is 1. The molecular weight excluding hydrogens is 336 g/mol. The summed E-state index contributed by atoms with van der Waals surface area (Å²) >= 11 is 0. The van der Waals surface area contributed by atoms with E-state index in [4.69, 9.17) is 0 Å². The van der Waals surface area contributed by atoms with Crippen molar-refractivity contribution in [3.63, 3.8) is 0 Å². The Labute approximate surface area is 148 Å². The Morgan fingerprint density at radius 3 is 2.65 bits per heavy atom. The number of carbonyl (C=O) groups is 1. The van der Waals surface area contributed by atoms with Crippen LogP contribution < -0.4 is 5.32 Å². The molecular formula is C20H13F2N3O. The molecule has 1 aliphatic rings. The van der Waals surface area contributed by atoms with Crippen LogP contribution in [0.15, 0.2) is 42.6 Å². The normalized spacial score (nSPS) is 12.3. The summed E-state index contributed by atoms with van der Waals surface area (Å²) in [5.41, 5.74) is 3.05. The van der Waals surface area contributed by atoms with Gasteiger partial charge in [-0.1, -0.05) is 5.92 Å². The van der Waals surface area contributed by atoms with E-state index in [-0.39, 0.29) is 11.5 Å². The minimum Gasteiger partial charge on any atom is -0.348 e. The predicted molar refractivity (Wildman–Crippen MR) is 92.2 cm³/mol. The van der Waals surface area contributed by atoms with Crippen LogP contribution in [0.4, 0.5) is 8.78 Å². The molecule has 1 amide bonds. The smallest absolute Gasteiger partial charge is 0.251 e. The highest BCUT2D eigenvalue weighted by molar-refractivity contribution is 6.00. The van der Waals surface area contributed by atoms with Crippen LogP contribution in [0.2, 0.25) is 0 Å². The maximum absolute atomic E-state index is 14.3. The average Bonchev–Trinajstić information content (AvgIpc) is 3.18. The van der Waals surface area contributed by atoms with Gasteiger partial charge in [-0.25, -0.2) is 8.78 Å². The van der Waals surface area contributed by atoms with Crippen LogP contribution >= 0.6 is 0 Å². The van der Waals surface area contributed by atoms with Crippen LogP contribution in [-0.4, -0.2) is 15.7 Å². The molecule has 1 aliphatic heterocycles. The Morgan fingerprint density at radius 2 is 1.92 bits per heavy atom. The summed E-state index contributed by atoms with van der Waals surface area (Å²) in [4.78, 5) is 12.0. The van der Waals surface area contributed by atoms with Crippen molar-refractivity contribution in [1.82, 2.24) is 15.1 Å². The fourth-order valence-electron chi connectivity index (χ4n) is 2.92. The molecule has 0 radical (unpaired) electrons. The summed E-state index contributed by atoms with van der Waals surface area (Å²) in [5, 5.41) is 6.93. The number of halogens is 2. The number of rotatable bonds is 1. The lowest BCUT2D eigenvalue weighted by molar-refractivity contribution is 0.0966. The molecule has 26 heavy (non-hydrogen) atoms. The molecule has 0 spiro atoms. The molecule has 3 aromatic rings. The van der Waals surface area contributed by atoms with Crippen molar-refractivity contribution in [3.8, 4) is 23.0 Å². The van der Waals surface area contributed by atoms with E-state index < -0.39 is 11.6 Å². The van der Waals surface area contributed by atoms with Gasteiger partial charge in [-0.05, 0) is 41.8 Å². The Bertz CT molecular complexity index is 1110. The minimum absolute atomic E-state index is 0.194. The predicted octanol–water partition coefficient (Wildman–Crippen LogP) is 3.01. The Kier molecular flexibility index (Phi) is 3.77. The van der Waals surface area contributed by atoms with Crippen LogP contribution in [0.25, 0.3) is 11.1 Å². The van der Waals surface area contributed by atoms with E-state index in [0.29, 0.717) is 28.9 Å². The number of amides is 1. The van der Waals surface area contributed by atoms with E-state index in [1.54, 1.807) is 36.1 Å². The van der Waals surface area contributed by atoms with Crippen LogP contribution in [-0.2, 0) is 13.6 Å².